The van der Waals surface area contributed by atoms with Gasteiger partial charge in [0.05, 0.1) is 12.8 Å². The maximum absolute atomic E-state index is 12.4. The number of carbonyl (C=O) groups is 1. The summed E-state index contributed by atoms with van der Waals surface area (Å²) in [5.74, 6) is 1.17. The van der Waals surface area contributed by atoms with E-state index in [1.807, 2.05) is 24.4 Å². The van der Waals surface area contributed by atoms with E-state index in [2.05, 4.69) is 34.0 Å². The number of nitrogens with zero attached hydrogens (tertiary/aromatic N) is 1. The number of Topliss-reactive ketones (excluding diaryl/α,β-unsaturated/α-hetero) is 1. The maximum Gasteiger partial charge on any atom is 0.179 e. The lowest BCUT2D eigenvalue weighted by atomic mass is 9.92. The first-order valence-corrected chi connectivity index (χ1v) is 9.25. The molecular weight excluding hydrogens is 360 g/mol. The minimum atomic E-state index is 0. The summed E-state index contributed by atoms with van der Waals surface area (Å²) in [5, 5.41) is 3.52. The van der Waals surface area contributed by atoms with Crippen LogP contribution < -0.4 is 10.1 Å². The van der Waals surface area contributed by atoms with Gasteiger partial charge in [-0.2, -0.15) is 0 Å². The number of rotatable bonds is 6. The third kappa shape index (κ3) is 3.87. The Morgan fingerprint density at radius 3 is 2.89 bits per heavy atom. The Morgan fingerprint density at radius 1 is 1.15 bits per heavy atom. The Bertz CT molecular complexity index is 949. The van der Waals surface area contributed by atoms with Crippen molar-refractivity contribution in [1.82, 2.24) is 9.72 Å². The van der Waals surface area contributed by atoms with Gasteiger partial charge in [0, 0.05) is 24.7 Å². The molecule has 0 saturated heterocycles. The number of halogens is 1. The number of aromatic nitrogens is 1. The van der Waals surface area contributed by atoms with Crippen LogP contribution in [-0.2, 0) is 19.4 Å². The van der Waals surface area contributed by atoms with Crippen molar-refractivity contribution >= 4 is 23.7 Å². The van der Waals surface area contributed by atoms with Gasteiger partial charge in [-0.1, -0.05) is 18.2 Å². The molecule has 3 aromatic rings. The molecule has 1 aromatic carbocycles. The van der Waals surface area contributed by atoms with Crippen molar-refractivity contribution < 1.29 is 9.53 Å². The van der Waals surface area contributed by atoms with Gasteiger partial charge in [0.15, 0.2) is 5.78 Å². The van der Waals surface area contributed by atoms with Gasteiger partial charge in [0.2, 0.25) is 0 Å². The minimum absolute atomic E-state index is 0. The number of pyridine rings is 1. The van der Waals surface area contributed by atoms with E-state index in [4.69, 9.17) is 4.74 Å². The summed E-state index contributed by atoms with van der Waals surface area (Å²) in [5.41, 5.74) is 5.89. The van der Waals surface area contributed by atoms with E-state index in [0.29, 0.717) is 6.42 Å². The molecule has 2 heterocycles. The molecule has 0 aliphatic heterocycles. The summed E-state index contributed by atoms with van der Waals surface area (Å²) >= 11 is 0. The van der Waals surface area contributed by atoms with Crippen LogP contribution >= 0.6 is 12.4 Å². The second kappa shape index (κ2) is 8.59. The van der Waals surface area contributed by atoms with Gasteiger partial charge in [-0.25, -0.2) is 0 Å². The molecule has 0 spiro atoms. The van der Waals surface area contributed by atoms with Crippen LogP contribution in [0.3, 0.4) is 0 Å². The number of carbonyl (C=O) groups excluding carboxylic acids is 1. The van der Waals surface area contributed by atoms with E-state index in [1.165, 1.54) is 22.2 Å². The zero-order valence-corrected chi connectivity index (χ0v) is 16.3. The largest absolute Gasteiger partial charge is 0.497 e. The summed E-state index contributed by atoms with van der Waals surface area (Å²) in [6.07, 6.45) is 5.59. The zero-order chi connectivity index (χ0) is 17.9. The molecule has 1 aliphatic rings. The van der Waals surface area contributed by atoms with E-state index in [9.17, 15) is 4.79 Å². The molecule has 0 unspecified atom stereocenters. The topological polar surface area (TPSA) is 42.7 Å². The van der Waals surface area contributed by atoms with E-state index >= 15 is 0 Å². The number of methoxy groups -OCH3 is 1. The Hall–Kier alpha value is -2.30. The first-order chi connectivity index (χ1) is 12.8. The highest BCUT2D eigenvalue weighted by Crippen LogP contribution is 2.30. The third-order valence-corrected chi connectivity index (χ3v) is 5.17. The minimum Gasteiger partial charge on any atom is -0.497 e. The average molecular weight is 385 g/mol. The van der Waals surface area contributed by atoms with Crippen molar-refractivity contribution in [2.45, 2.75) is 32.2 Å². The third-order valence-electron chi connectivity index (χ3n) is 5.17. The molecule has 142 valence electrons. The predicted octanol–water partition coefficient (Wildman–Crippen LogP) is 4.22. The van der Waals surface area contributed by atoms with Crippen LogP contribution in [0.5, 0.6) is 5.75 Å². The van der Waals surface area contributed by atoms with E-state index in [-0.39, 0.29) is 18.2 Å². The summed E-state index contributed by atoms with van der Waals surface area (Å²) in [4.78, 5) is 12.4. The van der Waals surface area contributed by atoms with Gasteiger partial charge < -0.3 is 14.5 Å². The summed E-state index contributed by atoms with van der Waals surface area (Å²) in [6, 6.07) is 14.3. The number of hydrogen-bond acceptors (Lipinski definition) is 3. The Morgan fingerprint density at radius 2 is 2.04 bits per heavy atom. The maximum atomic E-state index is 12.4. The van der Waals surface area contributed by atoms with Crippen LogP contribution in [-0.4, -0.2) is 23.8 Å². The lowest BCUT2D eigenvalue weighted by Crippen LogP contribution is -2.18. The molecule has 0 fully saturated rings. The van der Waals surface area contributed by atoms with Crippen LogP contribution in [0.1, 0.15) is 40.0 Å². The fraction of sp³-hybridized carbons (Fsp3) is 0.318. The Kier molecular flexibility index (Phi) is 6.19. The summed E-state index contributed by atoms with van der Waals surface area (Å²) in [6.45, 7) is 1.69. The molecule has 0 saturated carbocycles. The highest BCUT2D eigenvalue weighted by Gasteiger charge is 2.25. The van der Waals surface area contributed by atoms with Crippen LogP contribution in [0.4, 0.5) is 0 Å². The summed E-state index contributed by atoms with van der Waals surface area (Å²) < 4.78 is 7.37. The van der Waals surface area contributed by atoms with Crippen molar-refractivity contribution in [2.75, 3.05) is 13.7 Å². The van der Waals surface area contributed by atoms with Gasteiger partial charge in [0.1, 0.15) is 5.75 Å². The second-order valence-corrected chi connectivity index (χ2v) is 6.82. The SMILES string of the molecule is COc1cccc(CNCCc2c3c(n4ccccc24)C(=O)CCC3)c1.Cl. The Balaban J connectivity index is 0.00000210. The first-order valence-electron chi connectivity index (χ1n) is 9.25. The van der Waals surface area contributed by atoms with Gasteiger partial charge in [0.25, 0.3) is 0 Å². The van der Waals surface area contributed by atoms with Crippen molar-refractivity contribution in [3.8, 4) is 5.75 Å². The predicted molar refractivity (Wildman–Crippen MR) is 110 cm³/mol. The standard InChI is InChI=1S/C22H24N2O2.ClH/c1-26-17-7-4-6-16(14-17)15-23-12-11-18-19-8-5-10-21(25)22(19)24-13-3-2-9-20(18)24;/h2-4,6-7,9,13-14,23H,5,8,10-12,15H2,1H3;1H. The molecule has 0 radical (unpaired) electrons. The van der Waals surface area contributed by atoms with Crippen LogP contribution in [0.2, 0.25) is 0 Å². The number of ether oxygens (including phenoxy) is 1. The van der Waals surface area contributed by atoms with Crippen LogP contribution in [0.15, 0.2) is 48.7 Å². The molecule has 5 heteroatoms. The van der Waals surface area contributed by atoms with E-state index in [0.717, 1.165) is 43.8 Å². The quantitative estimate of drug-likeness (QED) is 0.647. The van der Waals surface area contributed by atoms with Crippen molar-refractivity contribution in [1.29, 1.82) is 0 Å². The zero-order valence-electron chi connectivity index (χ0n) is 15.5. The average Bonchev–Trinajstić information content (AvgIpc) is 3.00. The highest BCUT2D eigenvalue weighted by molar-refractivity contribution is 5.99. The van der Waals surface area contributed by atoms with Crippen LogP contribution in [0.25, 0.3) is 5.52 Å². The van der Waals surface area contributed by atoms with Gasteiger partial charge in [-0.15, -0.1) is 12.4 Å². The smallest absolute Gasteiger partial charge is 0.179 e. The monoisotopic (exact) mass is 384 g/mol. The lowest BCUT2D eigenvalue weighted by molar-refractivity contribution is 0.0966. The number of hydrogen-bond donors (Lipinski definition) is 1. The molecule has 0 atom stereocenters. The highest BCUT2D eigenvalue weighted by atomic mass is 35.5. The Labute approximate surface area is 165 Å². The number of fused-ring (bicyclic) bond motifs is 3. The number of ketones is 1. The molecule has 1 aliphatic carbocycles. The van der Waals surface area contributed by atoms with Gasteiger partial charge in [-0.3, -0.25) is 4.79 Å². The normalized spacial score (nSPS) is 13.3. The molecular formula is C22H25ClN2O2. The second-order valence-electron chi connectivity index (χ2n) is 6.82. The van der Waals surface area contributed by atoms with E-state index < -0.39 is 0 Å². The number of nitrogens with one attached hydrogen (secondary N) is 1. The van der Waals surface area contributed by atoms with Crippen LogP contribution in [0, 0.1) is 0 Å². The van der Waals surface area contributed by atoms with Crippen molar-refractivity contribution in [2.24, 2.45) is 0 Å². The van der Waals surface area contributed by atoms with Gasteiger partial charge in [-0.05, 0) is 66.8 Å². The molecule has 0 bridgehead atoms. The van der Waals surface area contributed by atoms with Gasteiger partial charge >= 0.3 is 0 Å². The number of benzene rings is 1. The first kappa shape index (κ1) is 19.5. The lowest BCUT2D eigenvalue weighted by Gasteiger charge is -2.13. The molecule has 4 rings (SSSR count). The van der Waals surface area contributed by atoms with Crippen molar-refractivity contribution in [3.63, 3.8) is 0 Å². The fourth-order valence-corrected chi connectivity index (χ4v) is 3.95. The fourth-order valence-electron chi connectivity index (χ4n) is 3.95. The molecule has 1 N–H and O–H groups in total. The van der Waals surface area contributed by atoms with E-state index in [1.54, 1.807) is 7.11 Å². The summed E-state index contributed by atoms with van der Waals surface area (Å²) in [7, 11) is 1.69. The molecule has 4 nitrogen and oxygen atoms in total. The molecule has 27 heavy (non-hydrogen) atoms. The molecule has 0 amide bonds. The van der Waals surface area contributed by atoms with Crippen molar-refractivity contribution in [3.05, 3.63) is 71.0 Å². The molecule has 2 aromatic heterocycles.